The molecule has 2 rings (SSSR count). The number of hydrogen-bond donors (Lipinski definition) is 2. The molecule has 0 saturated heterocycles. The largest absolute Gasteiger partial charge is 0.462 e. The molecule has 0 saturated carbocycles. The van der Waals surface area contributed by atoms with E-state index in [2.05, 4.69) is 15.2 Å². The maximum absolute atomic E-state index is 12.1. The molecule has 2 heterocycles. The zero-order chi connectivity index (χ0) is 17.7. The average molecular weight is 360 g/mol. The van der Waals surface area contributed by atoms with Crippen molar-refractivity contribution in [2.45, 2.75) is 30.4 Å². The number of aryl methyl sites for hydroxylation is 1. The predicted octanol–water partition coefficient (Wildman–Crippen LogP) is 3.04. The molecule has 0 aliphatic heterocycles. The minimum absolute atomic E-state index is 0.264. The zero-order valence-corrected chi connectivity index (χ0v) is 13.7. The molecule has 130 valence electrons. The molecule has 10 heteroatoms. The number of aromatic amines is 1. The first kappa shape index (κ1) is 18.1. The van der Waals surface area contributed by atoms with Gasteiger partial charge >= 0.3 is 6.18 Å². The molecule has 1 atom stereocenters. The van der Waals surface area contributed by atoms with E-state index in [1.807, 2.05) is 18.3 Å². The summed E-state index contributed by atoms with van der Waals surface area (Å²) in [6.45, 7) is 1.95. The van der Waals surface area contributed by atoms with Crippen molar-refractivity contribution in [2.75, 3.05) is 6.54 Å². The van der Waals surface area contributed by atoms with Gasteiger partial charge in [-0.3, -0.25) is 9.89 Å². The molecule has 0 aromatic carbocycles. The fourth-order valence-corrected chi connectivity index (χ4v) is 2.39. The molecule has 0 bridgehead atoms. The van der Waals surface area contributed by atoms with Crippen LogP contribution in [0, 0.1) is 6.92 Å². The topological polar surface area (TPSA) is 83.8 Å². The van der Waals surface area contributed by atoms with Crippen LogP contribution in [-0.4, -0.2) is 39.1 Å². The molecule has 0 radical (unpaired) electrons. The first-order chi connectivity index (χ1) is 11.2. The molecule has 2 N–H and O–H groups in total. The van der Waals surface area contributed by atoms with Gasteiger partial charge < -0.3 is 9.73 Å². The summed E-state index contributed by atoms with van der Waals surface area (Å²) >= 11 is 0.959. The lowest BCUT2D eigenvalue weighted by molar-refractivity contribution is -0.137. The van der Waals surface area contributed by atoms with Crippen molar-refractivity contribution in [3.8, 4) is 0 Å². The molecule has 24 heavy (non-hydrogen) atoms. The predicted molar refractivity (Wildman–Crippen MR) is 83.1 cm³/mol. The number of nitrogens with one attached hydrogen (secondary N) is 2. The van der Waals surface area contributed by atoms with Crippen molar-refractivity contribution in [3.63, 3.8) is 0 Å². The second-order valence-electron chi connectivity index (χ2n) is 4.88. The van der Waals surface area contributed by atoms with E-state index in [0.717, 1.165) is 17.5 Å². The molecule has 2 aromatic heterocycles. The Morgan fingerprint density at radius 1 is 1.46 bits per heavy atom. The molecule has 1 unspecified atom stereocenters. The number of rotatable bonds is 6. The Kier molecular flexibility index (Phi) is 5.71. The number of alkyl halides is 3. The van der Waals surface area contributed by atoms with Gasteiger partial charge in [0.15, 0.2) is 0 Å². The fraction of sp³-hybridized carbons (Fsp3) is 0.357. The molecule has 0 fully saturated rings. The van der Waals surface area contributed by atoms with E-state index in [0.29, 0.717) is 11.6 Å². The van der Waals surface area contributed by atoms with Gasteiger partial charge in [0, 0.05) is 0 Å². The van der Waals surface area contributed by atoms with E-state index in [1.165, 1.54) is 6.92 Å². The Hall–Kier alpha value is -2.23. The van der Waals surface area contributed by atoms with Gasteiger partial charge in [-0.05, 0) is 38.1 Å². The van der Waals surface area contributed by atoms with Crippen molar-refractivity contribution in [1.82, 2.24) is 20.5 Å². The molecule has 2 aromatic rings. The van der Waals surface area contributed by atoms with E-state index < -0.39 is 23.9 Å². The lowest BCUT2D eigenvalue weighted by Crippen LogP contribution is -2.38. The summed E-state index contributed by atoms with van der Waals surface area (Å²) < 4.78 is 41.6. The number of aromatic nitrogens is 3. The van der Waals surface area contributed by atoms with Gasteiger partial charge in [0.05, 0.1) is 5.25 Å². The minimum Gasteiger partial charge on any atom is -0.462 e. The summed E-state index contributed by atoms with van der Waals surface area (Å²) in [7, 11) is 0. The summed E-state index contributed by atoms with van der Waals surface area (Å²) in [5, 5.41) is 7.90. The van der Waals surface area contributed by atoms with Gasteiger partial charge in [-0.1, -0.05) is 11.8 Å². The molecule has 1 amide bonds. The second kappa shape index (κ2) is 7.56. The van der Waals surface area contributed by atoms with Gasteiger partial charge in [-0.2, -0.15) is 13.2 Å². The quantitative estimate of drug-likeness (QED) is 0.774. The Morgan fingerprint density at radius 2 is 2.21 bits per heavy atom. The number of hydrogen-bond acceptors (Lipinski definition) is 5. The lowest BCUT2D eigenvalue weighted by atomic mass is 10.4. The fourth-order valence-electron chi connectivity index (χ4n) is 1.63. The van der Waals surface area contributed by atoms with E-state index in [4.69, 9.17) is 4.42 Å². The van der Waals surface area contributed by atoms with Gasteiger partial charge in [0.2, 0.25) is 11.1 Å². The van der Waals surface area contributed by atoms with Crippen LogP contribution in [0.15, 0.2) is 21.7 Å². The standard InChI is InChI=1S/C14H15F3N4O2S/c1-8-3-4-10(23-8)5-6-11-19-13(21-20-11)24-9(2)12(22)18-7-14(15,16)17/h3-6,9H,7H2,1-2H3,(H,18,22)(H,19,20,21)/b6-5+. The van der Waals surface area contributed by atoms with Crippen LogP contribution in [-0.2, 0) is 4.79 Å². The highest BCUT2D eigenvalue weighted by atomic mass is 32.2. The third-order valence-electron chi connectivity index (χ3n) is 2.76. The summed E-state index contributed by atoms with van der Waals surface area (Å²) in [4.78, 5) is 15.7. The number of amides is 1. The molecule has 6 nitrogen and oxygen atoms in total. The molecular formula is C14H15F3N4O2S. The first-order valence-corrected chi connectivity index (χ1v) is 7.79. The molecule has 0 aliphatic rings. The third kappa shape index (κ3) is 5.76. The SMILES string of the molecule is Cc1ccc(/C=C/c2nc(SC(C)C(=O)NCC(F)(F)F)n[nH]2)o1. The highest BCUT2D eigenvalue weighted by Gasteiger charge is 2.29. The summed E-state index contributed by atoms with van der Waals surface area (Å²) in [6, 6.07) is 3.62. The number of nitrogens with zero attached hydrogens (tertiary/aromatic N) is 2. The zero-order valence-electron chi connectivity index (χ0n) is 12.8. The number of carbonyl (C=O) groups excluding carboxylic acids is 1. The van der Waals surface area contributed by atoms with Crippen LogP contribution in [0.5, 0.6) is 0 Å². The summed E-state index contributed by atoms with van der Waals surface area (Å²) in [5.74, 6) is 1.14. The van der Waals surface area contributed by atoms with Crippen molar-refractivity contribution in [3.05, 3.63) is 29.5 Å². The Bertz CT molecular complexity index is 724. The maximum atomic E-state index is 12.1. The Balaban J connectivity index is 1.88. The van der Waals surface area contributed by atoms with E-state index in [-0.39, 0.29) is 5.16 Å². The normalized spacial score (nSPS) is 13.4. The summed E-state index contributed by atoms with van der Waals surface area (Å²) in [5.41, 5.74) is 0. The van der Waals surface area contributed by atoms with Crippen molar-refractivity contribution < 1.29 is 22.4 Å². The summed E-state index contributed by atoms with van der Waals surface area (Å²) in [6.07, 6.45) is -1.10. The van der Waals surface area contributed by atoms with Gasteiger partial charge in [-0.15, -0.1) is 5.10 Å². The number of halogens is 3. The van der Waals surface area contributed by atoms with Crippen LogP contribution < -0.4 is 5.32 Å². The van der Waals surface area contributed by atoms with Crippen LogP contribution in [0.4, 0.5) is 13.2 Å². The number of thioether (sulfide) groups is 1. The van der Waals surface area contributed by atoms with Crippen molar-refractivity contribution in [1.29, 1.82) is 0 Å². The molecule has 0 spiro atoms. The molecular weight excluding hydrogens is 345 g/mol. The highest BCUT2D eigenvalue weighted by Crippen LogP contribution is 2.20. The highest BCUT2D eigenvalue weighted by molar-refractivity contribution is 8.00. The monoisotopic (exact) mass is 360 g/mol. The van der Waals surface area contributed by atoms with Crippen LogP contribution in [0.3, 0.4) is 0 Å². The second-order valence-corrected chi connectivity index (χ2v) is 6.19. The van der Waals surface area contributed by atoms with Crippen LogP contribution in [0.1, 0.15) is 24.3 Å². The van der Waals surface area contributed by atoms with Crippen molar-refractivity contribution in [2.24, 2.45) is 0 Å². The van der Waals surface area contributed by atoms with E-state index >= 15 is 0 Å². The van der Waals surface area contributed by atoms with Gasteiger partial charge in [0.1, 0.15) is 23.9 Å². The maximum Gasteiger partial charge on any atom is 0.405 e. The van der Waals surface area contributed by atoms with Gasteiger partial charge in [-0.25, -0.2) is 4.98 Å². The number of carbonyl (C=O) groups is 1. The van der Waals surface area contributed by atoms with Crippen molar-refractivity contribution >= 4 is 29.8 Å². The van der Waals surface area contributed by atoms with E-state index in [9.17, 15) is 18.0 Å². The van der Waals surface area contributed by atoms with Gasteiger partial charge in [0.25, 0.3) is 0 Å². The first-order valence-electron chi connectivity index (χ1n) is 6.91. The average Bonchev–Trinajstić information content (AvgIpc) is 3.10. The van der Waals surface area contributed by atoms with Crippen LogP contribution >= 0.6 is 11.8 Å². The Morgan fingerprint density at radius 3 is 2.83 bits per heavy atom. The smallest absolute Gasteiger partial charge is 0.405 e. The van der Waals surface area contributed by atoms with Crippen LogP contribution in [0.2, 0.25) is 0 Å². The van der Waals surface area contributed by atoms with Crippen LogP contribution in [0.25, 0.3) is 12.2 Å². The van der Waals surface area contributed by atoms with E-state index in [1.54, 1.807) is 18.2 Å². The third-order valence-corrected chi connectivity index (χ3v) is 3.72. The Labute approximate surface area is 139 Å². The molecule has 0 aliphatic carbocycles. The number of furan rings is 1. The number of H-pyrrole nitrogens is 1. The minimum atomic E-state index is -4.44. The lowest BCUT2D eigenvalue weighted by Gasteiger charge is -2.11.